The predicted octanol–water partition coefficient (Wildman–Crippen LogP) is 4.87. The summed E-state index contributed by atoms with van der Waals surface area (Å²) in [6.45, 7) is 8.27. The van der Waals surface area contributed by atoms with Crippen molar-refractivity contribution in [1.29, 1.82) is 0 Å². The van der Waals surface area contributed by atoms with Gasteiger partial charge < -0.3 is 23.9 Å². The van der Waals surface area contributed by atoms with E-state index in [9.17, 15) is 0 Å². The number of hydrogen-bond acceptors (Lipinski definition) is 6. The molecule has 4 rings (SSSR count). The molecule has 0 radical (unpaired) electrons. The number of anilines is 1. The molecule has 0 N–H and O–H groups in total. The topological polar surface area (TPSA) is 52.5 Å². The zero-order chi connectivity index (χ0) is 21.3. The minimum atomic E-state index is -0.929. The van der Waals surface area contributed by atoms with E-state index in [4.69, 9.17) is 19.0 Å². The number of benzene rings is 2. The van der Waals surface area contributed by atoms with Crippen LogP contribution in [0.2, 0.25) is 0 Å². The van der Waals surface area contributed by atoms with Gasteiger partial charge in [-0.05, 0) is 56.7 Å². The summed E-state index contributed by atoms with van der Waals surface area (Å²) in [4.78, 5) is 8.16. The van der Waals surface area contributed by atoms with Gasteiger partial charge in [-0.15, -0.1) is 0 Å². The second-order valence-corrected chi connectivity index (χ2v) is 7.47. The molecule has 2 heterocycles. The van der Waals surface area contributed by atoms with Gasteiger partial charge in [0, 0.05) is 42.0 Å². The fourth-order valence-electron chi connectivity index (χ4n) is 4.06. The summed E-state index contributed by atoms with van der Waals surface area (Å²) in [6.07, 6.45) is 2.53. The van der Waals surface area contributed by atoms with Crippen LogP contribution in [0.3, 0.4) is 0 Å². The summed E-state index contributed by atoms with van der Waals surface area (Å²) in [5.41, 5.74) is 5.07. The number of allylic oxidation sites excluding steroid dienone is 1. The Morgan fingerprint density at radius 3 is 2.50 bits per heavy atom. The number of oxime groups is 1. The molecule has 2 aromatic carbocycles. The average molecular weight is 408 g/mol. The SMILES string of the molecule is CCN(CC)c1ccc2c(c1)OC1(C=C2C)CC(c2ccc(OC)c(OC)c2)=NO1. The summed E-state index contributed by atoms with van der Waals surface area (Å²) in [5, 5.41) is 4.35. The Balaban J connectivity index is 1.61. The lowest BCUT2D eigenvalue weighted by atomic mass is 9.95. The van der Waals surface area contributed by atoms with Crippen molar-refractivity contribution in [3.05, 3.63) is 53.6 Å². The van der Waals surface area contributed by atoms with Gasteiger partial charge in [0.05, 0.1) is 26.4 Å². The highest BCUT2D eigenvalue weighted by Crippen LogP contribution is 2.43. The minimum absolute atomic E-state index is 0.509. The molecular weight excluding hydrogens is 380 g/mol. The highest BCUT2D eigenvalue weighted by atomic mass is 16.8. The molecule has 0 aromatic heterocycles. The highest BCUT2D eigenvalue weighted by Gasteiger charge is 2.43. The standard InChI is InChI=1S/C24H28N2O4/c1-6-26(7-2)18-9-10-19-16(3)14-24(29-22(19)13-18)15-20(25-30-24)17-8-11-21(27-4)23(12-17)28-5/h8-14H,6-7,15H2,1-5H3. The quantitative estimate of drug-likeness (QED) is 0.683. The summed E-state index contributed by atoms with van der Waals surface area (Å²) in [6, 6.07) is 12.1. The van der Waals surface area contributed by atoms with Crippen LogP contribution in [0.1, 0.15) is 38.3 Å². The first-order valence-corrected chi connectivity index (χ1v) is 10.3. The van der Waals surface area contributed by atoms with Crippen molar-refractivity contribution >= 4 is 17.0 Å². The number of fused-ring (bicyclic) bond motifs is 1. The van der Waals surface area contributed by atoms with Gasteiger partial charge in [0.15, 0.2) is 11.5 Å². The Hall–Kier alpha value is -3.15. The smallest absolute Gasteiger partial charge is 0.301 e. The molecule has 30 heavy (non-hydrogen) atoms. The first-order chi connectivity index (χ1) is 14.5. The maximum Gasteiger partial charge on any atom is 0.301 e. The van der Waals surface area contributed by atoms with Crippen molar-refractivity contribution in [2.45, 2.75) is 33.0 Å². The predicted molar refractivity (Wildman–Crippen MR) is 119 cm³/mol. The normalized spacial score (nSPS) is 19.4. The molecule has 6 nitrogen and oxygen atoms in total. The number of rotatable bonds is 6. The van der Waals surface area contributed by atoms with E-state index in [2.05, 4.69) is 49.0 Å². The molecule has 1 unspecified atom stereocenters. The number of methoxy groups -OCH3 is 2. The van der Waals surface area contributed by atoms with E-state index >= 15 is 0 Å². The maximum absolute atomic E-state index is 6.39. The second-order valence-electron chi connectivity index (χ2n) is 7.47. The van der Waals surface area contributed by atoms with Crippen LogP contribution in [-0.2, 0) is 4.84 Å². The van der Waals surface area contributed by atoms with Gasteiger partial charge in [-0.1, -0.05) is 5.16 Å². The first kappa shape index (κ1) is 20.1. The lowest BCUT2D eigenvalue weighted by molar-refractivity contribution is -0.127. The van der Waals surface area contributed by atoms with Crippen molar-refractivity contribution in [2.24, 2.45) is 5.16 Å². The molecular formula is C24H28N2O4. The number of hydrogen-bond donors (Lipinski definition) is 0. The van der Waals surface area contributed by atoms with Crippen LogP contribution in [0.25, 0.3) is 5.57 Å². The van der Waals surface area contributed by atoms with Crippen LogP contribution in [0.4, 0.5) is 5.69 Å². The second kappa shape index (κ2) is 7.94. The summed E-state index contributed by atoms with van der Waals surface area (Å²) in [5.74, 6) is 1.23. The average Bonchev–Trinajstić information content (AvgIpc) is 3.16. The maximum atomic E-state index is 6.39. The van der Waals surface area contributed by atoms with Crippen molar-refractivity contribution in [3.63, 3.8) is 0 Å². The molecule has 0 amide bonds. The molecule has 0 saturated carbocycles. The van der Waals surface area contributed by atoms with Crippen molar-refractivity contribution in [1.82, 2.24) is 0 Å². The van der Waals surface area contributed by atoms with Crippen LogP contribution in [0.15, 0.2) is 47.6 Å². The lowest BCUT2D eigenvalue weighted by Crippen LogP contribution is -2.36. The van der Waals surface area contributed by atoms with E-state index in [1.165, 1.54) is 0 Å². The first-order valence-electron chi connectivity index (χ1n) is 10.3. The van der Waals surface area contributed by atoms with Crippen LogP contribution in [-0.4, -0.2) is 38.8 Å². The van der Waals surface area contributed by atoms with Crippen molar-refractivity contribution in [3.8, 4) is 17.2 Å². The van der Waals surface area contributed by atoms with Crippen molar-refractivity contribution in [2.75, 3.05) is 32.2 Å². The van der Waals surface area contributed by atoms with Gasteiger partial charge in [0.1, 0.15) is 5.75 Å². The van der Waals surface area contributed by atoms with Gasteiger partial charge in [0.2, 0.25) is 0 Å². The molecule has 1 atom stereocenters. The summed E-state index contributed by atoms with van der Waals surface area (Å²) >= 11 is 0. The molecule has 1 spiro atoms. The Bertz CT molecular complexity index is 1010. The van der Waals surface area contributed by atoms with Crippen LogP contribution >= 0.6 is 0 Å². The number of ether oxygens (including phenoxy) is 3. The molecule has 0 aliphatic carbocycles. The molecule has 6 heteroatoms. The monoisotopic (exact) mass is 408 g/mol. The van der Waals surface area contributed by atoms with E-state index in [-0.39, 0.29) is 0 Å². The van der Waals surface area contributed by atoms with Gasteiger partial charge in [-0.25, -0.2) is 0 Å². The van der Waals surface area contributed by atoms with Gasteiger partial charge in [0.25, 0.3) is 0 Å². The fourth-order valence-corrected chi connectivity index (χ4v) is 4.06. The molecule has 2 aromatic rings. The van der Waals surface area contributed by atoms with Gasteiger partial charge in [-0.2, -0.15) is 0 Å². The third kappa shape index (κ3) is 3.47. The summed E-state index contributed by atoms with van der Waals surface area (Å²) < 4.78 is 17.1. The van der Waals surface area contributed by atoms with Crippen LogP contribution in [0.5, 0.6) is 17.2 Å². The molecule has 2 aliphatic heterocycles. The number of nitrogens with zero attached hydrogens (tertiary/aromatic N) is 2. The van der Waals surface area contributed by atoms with E-state index in [1.807, 2.05) is 24.3 Å². The largest absolute Gasteiger partial charge is 0.493 e. The zero-order valence-corrected chi connectivity index (χ0v) is 18.2. The van der Waals surface area contributed by atoms with Crippen LogP contribution in [0, 0.1) is 0 Å². The van der Waals surface area contributed by atoms with Gasteiger partial charge >= 0.3 is 5.79 Å². The van der Waals surface area contributed by atoms with Crippen LogP contribution < -0.4 is 19.1 Å². The molecule has 0 saturated heterocycles. The van der Waals surface area contributed by atoms with Crippen molar-refractivity contribution < 1.29 is 19.0 Å². The van der Waals surface area contributed by atoms with E-state index in [0.717, 1.165) is 46.9 Å². The Morgan fingerprint density at radius 1 is 1.03 bits per heavy atom. The zero-order valence-electron chi connectivity index (χ0n) is 18.2. The summed E-state index contributed by atoms with van der Waals surface area (Å²) in [7, 11) is 3.24. The highest BCUT2D eigenvalue weighted by molar-refractivity contribution is 6.02. The van der Waals surface area contributed by atoms with E-state index < -0.39 is 5.79 Å². The lowest BCUT2D eigenvalue weighted by Gasteiger charge is -2.32. The molecule has 0 fully saturated rings. The van der Waals surface area contributed by atoms with E-state index in [0.29, 0.717) is 17.9 Å². The minimum Gasteiger partial charge on any atom is -0.493 e. The third-order valence-corrected chi connectivity index (χ3v) is 5.68. The Kier molecular flexibility index (Phi) is 5.33. The Morgan fingerprint density at radius 2 is 1.80 bits per heavy atom. The molecule has 158 valence electrons. The third-order valence-electron chi connectivity index (χ3n) is 5.68. The Labute approximate surface area is 177 Å². The molecule has 2 aliphatic rings. The molecule has 0 bridgehead atoms. The van der Waals surface area contributed by atoms with E-state index in [1.54, 1.807) is 14.2 Å². The fraction of sp³-hybridized carbons (Fsp3) is 0.375. The van der Waals surface area contributed by atoms with Gasteiger partial charge in [-0.3, -0.25) is 0 Å².